The van der Waals surface area contributed by atoms with Crippen LogP contribution in [0.5, 0.6) is 0 Å². The minimum atomic E-state index is -1.05. The van der Waals surface area contributed by atoms with E-state index in [1.807, 2.05) is 31.7 Å². The van der Waals surface area contributed by atoms with Crippen molar-refractivity contribution in [3.05, 3.63) is 12.2 Å². The predicted octanol–water partition coefficient (Wildman–Crippen LogP) is 2.98. The Balaban J connectivity index is 2.29. The molecule has 1 rings (SSSR count). The summed E-state index contributed by atoms with van der Waals surface area (Å²) < 4.78 is 13.5. The molecule has 0 aromatic heterocycles. The van der Waals surface area contributed by atoms with Crippen LogP contribution in [0, 0.1) is 5.41 Å². The van der Waals surface area contributed by atoms with Crippen LogP contribution in [0.4, 0.5) is 4.39 Å². The number of likely N-dealkylation sites (tertiary alicyclic amines) is 1. The van der Waals surface area contributed by atoms with Gasteiger partial charge < -0.3 is 0 Å². The van der Waals surface area contributed by atoms with E-state index in [0.717, 1.165) is 6.54 Å². The SMILES string of the molecule is CC(C)(C)CC(=O)/C=C/CN1CCC(C)(F)C1. The van der Waals surface area contributed by atoms with Crippen LogP contribution < -0.4 is 0 Å². The van der Waals surface area contributed by atoms with Crippen LogP contribution >= 0.6 is 0 Å². The molecule has 1 aliphatic heterocycles. The predicted molar refractivity (Wildman–Crippen MR) is 68.8 cm³/mol. The van der Waals surface area contributed by atoms with Crippen molar-refractivity contribution < 1.29 is 9.18 Å². The van der Waals surface area contributed by atoms with Gasteiger partial charge >= 0.3 is 0 Å². The van der Waals surface area contributed by atoms with E-state index in [0.29, 0.717) is 25.9 Å². The standard InChI is InChI=1S/C14H24FNO/c1-13(2,3)10-12(17)6-5-8-16-9-7-14(4,15)11-16/h5-6H,7-11H2,1-4H3/b6-5+. The summed E-state index contributed by atoms with van der Waals surface area (Å²) in [4.78, 5) is 13.6. The number of carbonyl (C=O) groups is 1. The summed E-state index contributed by atoms with van der Waals surface area (Å²) in [6.45, 7) is 9.72. The lowest BCUT2D eigenvalue weighted by atomic mass is 9.90. The largest absolute Gasteiger partial charge is 0.296 e. The molecule has 1 fully saturated rings. The Morgan fingerprint density at radius 1 is 1.47 bits per heavy atom. The van der Waals surface area contributed by atoms with Gasteiger partial charge in [0.15, 0.2) is 5.78 Å². The van der Waals surface area contributed by atoms with Gasteiger partial charge in [-0.1, -0.05) is 26.8 Å². The van der Waals surface area contributed by atoms with E-state index in [4.69, 9.17) is 0 Å². The summed E-state index contributed by atoms with van der Waals surface area (Å²) in [5.41, 5.74) is -1.02. The van der Waals surface area contributed by atoms with Crippen molar-refractivity contribution in [2.45, 2.75) is 46.2 Å². The first kappa shape index (κ1) is 14.4. The number of carbonyl (C=O) groups excluding carboxylic acids is 1. The molecule has 0 radical (unpaired) electrons. The van der Waals surface area contributed by atoms with Gasteiger partial charge in [0.2, 0.25) is 0 Å². The molecule has 0 saturated carbocycles. The van der Waals surface area contributed by atoms with Gasteiger partial charge in [-0.15, -0.1) is 0 Å². The molecule has 0 amide bonds. The first-order valence-corrected chi connectivity index (χ1v) is 6.29. The van der Waals surface area contributed by atoms with Gasteiger partial charge in [0.25, 0.3) is 0 Å². The number of hydrogen-bond donors (Lipinski definition) is 0. The van der Waals surface area contributed by atoms with E-state index in [2.05, 4.69) is 0 Å². The van der Waals surface area contributed by atoms with E-state index in [9.17, 15) is 9.18 Å². The second-order valence-electron chi connectivity index (χ2n) is 6.50. The average Bonchev–Trinajstić information content (AvgIpc) is 2.42. The number of alkyl halides is 1. The number of hydrogen-bond acceptors (Lipinski definition) is 2. The third-order valence-electron chi connectivity index (χ3n) is 2.87. The average molecular weight is 241 g/mol. The van der Waals surface area contributed by atoms with Crippen molar-refractivity contribution >= 4 is 5.78 Å². The second kappa shape index (κ2) is 5.30. The molecule has 17 heavy (non-hydrogen) atoms. The lowest BCUT2D eigenvalue weighted by molar-refractivity contribution is -0.116. The summed E-state index contributed by atoms with van der Waals surface area (Å²) in [5, 5.41) is 0. The Kier molecular flexibility index (Phi) is 4.48. The van der Waals surface area contributed by atoms with Crippen LogP contribution in [-0.4, -0.2) is 36.0 Å². The molecule has 2 nitrogen and oxygen atoms in total. The van der Waals surface area contributed by atoms with Gasteiger partial charge in [-0.3, -0.25) is 9.69 Å². The van der Waals surface area contributed by atoms with Crippen molar-refractivity contribution in [2.24, 2.45) is 5.41 Å². The molecule has 1 aliphatic rings. The number of halogens is 1. The highest BCUT2D eigenvalue weighted by Crippen LogP contribution is 2.24. The van der Waals surface area contributed by atoms with Crippen molar-refractivity contribution in [1.29, 1.82) is 0 Å². The first-order chi connectivity index (χ1) is 7.68. The van der Waals surface area contributed by atoms with Crippen molar-refractivity contribution in [3.8, 4) is 0 Å². The van der Waals surface area contributed by atoms with Crippen LogP contribution in [0.1, 0.15) is 40.5 Å². The van der Waals surface area contributed by atoms with Crippen molar-refractivity contribution in [1.82, 2.24) is 4.90 Å². The van der Waals surface area contributed by atoms with Gasteiger partial charge in [0.05, 0.1) is 0 Å². The zero-order valence-corrected chi connectivity index (χ0v) is 11.4. The van der Waals surface area contributed by atoms with E-state index >= 15 is 0 Å². The topological polar surface area (TPSA) is 20.3 Å². The summed E-state index contributed by atoms with van der Waals surface area (Å²) >= 11 is 0. The molecule has 0 aromatic carbocycles. The first-order valence-electron chi connectivity index (χ1n) is 6.29. The minimum Gasteiger partial charge on any atom is -0.296 e. The van der Waals surface area contributed by atoms with Crippen LogP contribution in [0.3, 0.4) is 0 Å². The molecule has 0 aliphatic carbocycles. The molecule has 0 N–H and O–H groups in total. The quantitative estimate of drug-likeness (QED) is 0.705. The number of ketones is 1. The Morgan fingerprint density at radius 2 is 2.12 bits per heavy atom. The number of rotatable bonds is 4. The van der Waals surface area contributed by atoms with E-state index in [1.165, 1.54) is 0 Å². The van der Waals surface area contributed by atoms with E-state index in [1.54, 1.807) is 13.0 Å². The summed E-state index contributed by atoms with van der Waals surface area (Å²) in [5.74, 6) is 0.153. The minimum absolute atomic E-state index is 0.0343. The zero-order valence-electron chi connectivity index (χ0n) is 11.4. The lowest BCUT2D eigenvalue weighted by Crippen LogP contribution is -2.26. The molecular weight excluding hydrogens is 217 g/mol. The third-order valence-corrected chi connectivity index (χ3v) is 2.87. The third kappa shape index (κ3) is 5.97. The molecule has 0 bridgehead atoms. The fourth-order valence-electron chi connectivity index (χ4n) is 2.09. The molecule has 1 unspecified atom stereocenters. The van der Waals surface area contributed by atoms with Crippen molar-refractivity contribution in [3.63, 3.8) is 0 Å². The van der Waals surface area contributed by atoms with Crippen LogP contribution in [0.25, 0.3) is 0 Å². The van der Waals surface area contributed by atoms with E-state index < -0.39 is 5.67 Å². The summed E-state index contributed by atoms with van der Waals surface area (Å²) in [7, 11) is 0. The molecule has 98 valence electrons. The van der Waals surface area contributed by atoms with Crippen molar-refractivity contribution in [2.75, 3.05) is 19.6 Å². The second-order valence-corrected chi connectivity index (χ2v) is 6.50. The molecule has 1 atom stereocenters. The Bertz CT molecular complexity index is 302. The maximum absolute atomic E-state index is 13.5. The molecule has 1 saturated heterocycles. The summed E-state index contributed by atoms with van der Waals surface area (Å²) in [6.07, 6.45) is 4.65. The maximum atomic E-state index is 13.5. The van der Waals surface area contributed by atoms with Crippen LogP contribution in [0.15, 0.2) is 12.2 Å². The highest BCUT2D eigenvalue weighted by Gasteiger charge is 2.32. The Hall–Kier alpha value is -0.700. The Morgan fingerprint density at radius 3 is 2.59 bits per heavy atom. The van der Waals surface area contributed by atoms with Gasteiger partial charge in [-0.25, -0.2) is 4.39 Å². The smallest absolute Gasteiger partial charge is 0.155 e. The lowest BCUT2D eigenvalue weighted by Gasteiger charge is -2.16. The fraction of sp³-hybridized carbons (Fsp3) is 0.786. The summed E-state index contributed by atoms with van der Waals surface area (Å²) in [6, 6.07) is 0. The molecule has 3 heteroatoms. The monoisotopic (exact) mass is 241 g/mol. The van der Waals surface area contributed by atoms with Gasteiger partial charge in [0.1, 0.15) is 5.67 Å². The van der Waals surface area contributed by atoms with Crippen LogP contribution in [0.2, 0.25) is 0 Å². The molecule has 0 spiro atoms. The molecule has 1 heterocycles. The number of allylic oxidation sites excluding steroid dienone is 1. The molecule has 0 aromatic rings. The van der Waals surface area contributed by atoms with Gasteiger partial charge in [0, 0.05) is 26.1 Å². The maximum Gasteiger partial charge on any atom is 0.155 e. The van der Waals surface area contributed by atoms with Gasteiger partial charge in [-0.2, -0.15) is 0 Å². The Labute approximate surface area is 104 Å². The normalized spacial score (nSPS) is 26.9. The zero-order chi connectivity index (χ0) is 13.1. The van der Waals surface area contributed by atoms with Crippen LogP contribution in [-0.2, 0) is 4.79 Å². The highest BCUT2D eigenvalue weighted by atomic mass is 19.1. The molecular formula is C14H24FNO. The van der Waals surface area contributed by atoms with E-state index in [-0.39, 0.29) is 11.2 Å². The fourth-order valence-corrected chi connectivity index (χ4v) is 2.09. The van der Waals surface area contributed by atoms with Gasteiger partial charge in [-0.05, 0) is 24.8 Å². The highest BCUT2D eigenvalue weighted by molar-refractivity contribution is 5.90. The number of nitrogens with zero attached hydrogens (tertiary/aromatic N) is 1.